The number of sulfonamides is 1. The van der Waals surface area contributed by atoms with Gasteiger partial charge in [0.1, 0.15) is 16.5 Å². The molecule has 7 nitrogen and oxygen atoms in total. The summed E-state index contributed by atoms with van der Waals surface area (Å²) in [6, 6.07) is 5.12. The number of halogens is 4. The number of alkyl halides is 3. The standard InChI is InChI=1S/C21H22F4N4O3S/c1-13-20(14-8-17(11-27-10-14)33(30,31)28(2)3)18-9-16(32-21(23,24)25)4-5-19(18)29(13)12-15(22)6-7-26/h4-6,8-11H,7,12,26H2,1-3H3/p+1/b15-6-. The van der Waals surface area contributed by atoms with Gasteiger partial charge < -0.3 is 15.0 Å². The molecular weight excluding hydrogens is 464 g/mol. The van der Waals surface area contributed by atoms with Crippen LogP contribution in [0.4, 0.5) is 17.6 Å². The molecular formula is C21H23F4N4O3S+. The van der Waals surface area contributed by atoms with Crippen LogP contribution in [0.5, 0.6) is 5.75 Å². The molecule has 1 aromatic carbocycles. The van der Waals surface area contributed by atoms with E-state index in [9.17, 15) is 26.0 Å². The van der Waals surface area contributed by atoms with Crippen molar-refractivity contribution in [3.63, 3.8) is 0 Å². The lowest BCUT2D eigenvalue weighted by Gasteiger charge is -2.12. The first kappa shape index (κ1) is 24.7. The van der Waals surface area contributed by atoms with Crippen molar-refractivity contribution in [2.75, 3.05) is 20.6 Å². The van der Waals surface area contributed by atoms with Crippen molar-refractivity contribution < 1.29 is 36.4 Å². The van der Waals surface area contributed by atoms with Crippen LogP contribution in [0.3, 0.4) is 0 Å². The first-order valence-corrected chi connectivity index (χ1v) is 11.2. The Bertz CT molecular complexity index is 1320. The number of ether oxygens (including phenoxy) is 1. The zero-order chi connectivity index (χ0) is 24.6. The summed E-state index contributed by atoms with van der Waals surface area (Å²) in [6.45, 7) is 1.74. The maximum Gasteiger partial charge on any atom is 0.573 e. The van der Waals surface area contributed by atoms with E-state index in [1.807, 2.05) is 0 Å². The molecule has 178 valence electrons. The molecule has 12 heteroatoms. The van der Waals surface area contributed by atoms with Crippen molar-refractivity contribution >= 4 is 20.9 Å². The van der Waals surface area contributed by atoms with Crippen LogP contribution >= 0.6 is 0 Å². The molecule has 3 rings (SSSR count). The zero-order valence-electron chi connectivity index (χ0n) is 18.1. The number of hydrogen-bond donors (Lipinski definition) is 1. The van der Waals surface area contributed by atoms with Crippen LogP contribution in [-0.4, -0.2) is 49.3 Å². The smallest absolute Gasteiger partial charge is 0.406 e. The van der Waals surface area contributed by atoms with Gasteiger partial charge in [0.25, 0.3) is 0 Å². The molecule has 2 heterocycles. The van der Waals surface area contributed by atoms with Crippen LogP contribution < -0.4 is 10.5 Å². The molecule has 2 aromatic heterocycles. The molecule has 0 amide bonds. The summed E-state index contributed by atoms with van der Waals surface area (Å²) in [5.74, 6) is -0.915. The third kappa shape index (κ3) is 5.18. The second-order valence-electron chi connectivity index (χ2n) is 7.41. The van der Waals surface area contributed by atoms with E-state index in [2.05, 4.69) is 15.5 Å². The van der Waals surface area contributed by atoms with Crippen LogP contribution in [-0.2, 0) is 16.6 Å². The van der Waals surface area contributed by atoms with E-state index in [1.54, 1.807) is 11.5 Å². The minimum Gasteiger partial charge on any atom is -0.406 e. The first-order valence-electron chi connectivity index (χ1n) is 9.75. The van der Waals surface area contributed by atoms with Crippen LogP contribution in [0.2, 0.25) is 0 Å². The van der Waals surface area contributed by atoms with Crippen molar-refractivity contribution in [1.82, 2.24) is 13.9 Å². The van der Waals surface area contributed by atoms with Gasteiger partial charge >= 0.3 is 6.36 Å². The van der Waals surface area contributed by atoms with Crippen molar-refractivity contribution in [2.45, 2.75) is 24.7 Å². The van der Waals surface area contributed by atoms with Crippen LogP contribution in [0.25, 0.3) is 22.0 Å². The van der Waals surface area contributed by atoms with E-state index in [1.165, 1.54) is 50.8 Å². The van der Waals surface area contributed by atoms with Crippen LogP contribution in [0.1, 0.15) is 5.69 Å². The second-order valence-corrected chi connectivity index (χ2v) is 9.56. The minimum atomic E-state index is -4.89. The summed E-state index contributed by atoms with van der Waals surface area (Å²) in [6.07, 6.45) is -1.00. The lowest BCUT2D eigenvalue weighted by molar-refractivity contribution is -0.353. The number of rotatable bonds is 7. The fraction of sp³-hybridized carbons (Fsp3) is 0.286. The van der Waals surface area contributed by atoms with Gasteiger partial charge in [-0.1, -0.05) is 0 Å². The number of aromatic nitrogens is 2. The summed E-state index contributed by atoms with van der Waals surface area (Å²) in [5.41, 5.74) is 5.32. The number of hydrogen-bond acceptors (Lipinski definition) is 4. The Labute approximate surface area is 188 Å². The molecule has 0 aliphatic rings. The molecule has 3 aromatic rings. The monoisotopic (exact) mass is 487 g/mol. The minimum absolute atomic E-state index is 0.0869. The average Bonchev–Trinajstić information content (AvgIpc) is 2.97. The predicted molar refractivity (Wildman–Crippen MR) is 114 cm³/mol. The fourth-order valence-electron chi connectivity index (χ4n) is 3.51. The molecule has 0 radical (unpaired) electrons. The topological polar surface area (TPSA) is 92.1 Å². The Kier molecular flexibility index (Phi) is 6.82. The highest BCUT2D eigenvalue weighted by molar-refractivity contribution is 7.89. The van der Waals surface area contributed by atoms with Crippen molar-refractivity contribution in [1.29, 1.82) is 0 Å². The van der Waals surface area contributed by atoms with Gasteiger partial charge in [0, 0.05) is 60.3 Å². The average molecular weight is 487 g/mol. The lowest BCUT2D eigenvalue weighted by Crippen LogP contribution is -2.49. The molecule has 0 spiro atoms. The van der Waals surface area contributed by atoms with Gasteiger partial charge in [-0.05, 0) is 31.2 Å². The van der Waals surface area contributed by atoms with E-state index in [0.717, 1.165) is 10.4 Å². The van der Waals surface area contributed by atoms with E-state index >= 15 is 0 Å². The molecule has 0 bridgehead atoms. The molecule has 0 fully saturated rings. The number of fused-ring (bicyclic) bond motifs is 1. The predicted octanol–water partition coefficient (Wildman–Crippen LogP) is 3.26. The van der Waals surface area contributed by atoms with Gasteiger partial charge in [0.15, 0.2) is 0 Å². The quantitative estimate of drug-likeness (QED) is 0.518. The Hall–Kier alpha value is -2.96. The van der Waals surface area contributed by atoms with Gasteiger partial charge in [-0.25, -0.2) is 17.1 Å². The normalized spacial score (nSPS) is 13.2. The van der Waals surface area contributed by atoms with Gasteiger partial charge in [-0.15, -0.1) is 13.2 Å². The van der Waals surface area contributed by atoms with Crippen LogP contribution in [0, 0.1) is 6.92 Å². The summed E-state index contributed by atoms with van der Waals surface area (Å²) in [4.78, 5) is 3.93. The van der Waals surface area contributed by atoms with Crippen LogP contribution in [0.15, 0.2) is 53.5 Å². The molecule has 3 N–H and O–H groups in total. The van der Waals surface area contributed by atoms with Gasteiger partial charge in [-0.2, -0.15) is 0 Å². The van der Waals surface area contributed by atoms with E-state index in [0.29, 0.717) is 27.7 Å². The number of benzene rings is 1. The summed E-state index contributed by atoms with van der Waals surface area (Å²) < 4.78 is 84.5. The molecule has 0 aliphatic heterocycles. The van der Waals surface area contributed by atoms with Gasteiger partial charge in [0.05, 0.1) is 13.1 Å². The summed E-state index contributed by atoms with van der Waals surface area (Å²) in [7, 11) is -1.07. The van der Waals surface area contributed by atoms with Crippen molar-refractivity contribution in [3.05, 3.63) is 54.3 Å². The highest BCUT2D eigenvalue weighted by Gasteiger charge is 2.31. The van der Waals surface area contributed by atoms with E-state index < -0.39 is 28.0 Å². The number of pyridine rings is 1. The zero-order valence-corrected chi connectivity index (χ0v) is 19.0. The maximum absolute atomic E-state index is 14.3. The largest absolute Gasteiger partial charge is 0.573 e. The second kappa shape index (κ2) is 9.12. The number of quaternary nitrogens is 1. The maximum atomic E-state index is 14.3. The first-order chi connectivity index (χ1) is 15.3. The van der Waals surface area contributed by atoms with Crippen molar-refractivity contribution in [3.8, 4) is 16.9 Å². The Morgan fingerprint density at radius 3 is 2.55 bits per heavy atom. The van der Waals surface area contributed by atoms with Gasteiger partial charge in [-0.3, -0.25) is 4.98 Å². The molecule has 0 unspecified atom stereocenters. The van der Waals surface area contributed by atoms with E-state index in [-0.39, 0.29) is 18.0 Å². The Morgan fingerprint density at radius 1 is 1.24 bits per heavy atom. The number of nitrogens with zero attached hydrogens (tertiary/aromatic N) is 3. The highest BCUT2D eigenvalue weighted by atomic mass is 32.2. The Balaban J connectivity index is 2.28. The molecule has 33 heavy (non-hydrogen) atoms. The fourth-order valence-corrected chi connectivity index (χ4v) is 4.40. The highest BCUT2D eigenvalue weighted by Crippen LogP contribution is 2.38. The number of allylic oxidation sites excluding steroid dienone is 1. The SMILES string of the molecule is Cc1c(-c2cncc(S(=O)(=O)N(C)C)c2)c2cc(OC(F)(F)F)ccc2n1C/C(F)=C/C[NH3+]. The Morgan fingerprint density at radius 2 is 1.94 bits per heavy atom. The molecule has 0 saturated carbocycles. The summed E-state index contributed by atoms with van der Waals surface area (Å²) in [5, 5.41) is 0.331. The van der Waals surface area contributed by atoms with E-state index in [4.69, 9.17) is 0 Å². The van der Waals surface area contributed by atoms with Gasteiger partial charge in [0.2, 0.25) is 10.0 Å². The van der Waals surface area contributed by atoms with Crippen molar-refractivity contribution in [2.24, 2.45) is 0 Å². The molecule has 0 saturated heterocycles. The third-order valence-corrected chi connectivity index (χ3v) is 6.76. The lowest BCUT2D eigenvalue weighted by atomic mass is 10.0. The third-order valence-electron chi connectivity index (χ3n) is 4.98. The molecule has 0 aliphatic carbocycles. The molecule has 0 atom stereocenters. The summed E-state index contributed by atoms with van der Waals surface area (Å²) >= 11 is 0.